The lowest BCUT2D eigenvalue weighted by atomic mass is 10.1. The Morgan fingerprint density at radius 1 is 1.14 bits per heavy atom. The lowest BCUT2D eigenvalue weighted by Gasteiger charge is -2.09. The molecule has 0 unspecified atom stereocenters. The van der Waals surface area contributed by atoms with Crippen LogP contribution in [-0.2, 0) is 0 Å². The van der Waals surface area contributed by atoms with Gasteiger partial charge >= 0.3 is 0 Å². The molecule has 4 heteroatoms. The summed E-state index contributed by atoms with van der Waals surface area (Å²) in [6.45, 7) is 1.94. The second-order valence-corrected chi connectivity index (χ2v) is 5.20. The Kier molecular flexibility index (Phi) is 3.32. The minimum atomic E-state index is 0.683. The summed E-state index contributed by atoms with van der Waals surface area (Å²) >= 11 is 5.96. The molecule has 0 atom stereocenters. The van der Waals surface area contributed by atoms with Crippen LogP contribution in [-0.4, -0.2) is 11.7 Å². The third-order valence-corrected chi connectivity index (χ3v) is 3.86. The van der Waals surface area contributed by atoms with E-state index in [9.17, 15) is 5.26 Å². The average Bonchev–Trinajstić information content (AvgIpc) is 2.78. The maximum absolute atomic E-state index is 9.43. The Hall–Kier alpha value is -2.44. The van der Waals surface area contributed by atoms with E-state index in [4.69, 9.17) is 16.3 Å². The summed E-state index contributed by atoms with van der Waals surface area (Å²) in [5.74, 6) is 0.764. The molecule has 3 nitrogen and oxygen atoms in total. The van der Waals surface area contributed by atoms with E-state index in [2.05, 4.69) is 6.07 Å². The van der Waals surface area contributed by atoms with E-state index in [1.165, 1.54) is 0 Å². The van der Waals surface area contributed by atoms with Crippen LogP contribution >= 0.6 is 11.6 Å². The Labute approximate surface area is 127 Å². The van der Waals surface area contributed by atoms with E-state index in [0.717, 1.165) is 28.0 Å². The van der Waals surface area contributed by atoms with Crippen molar-refractivity contribution in [3.8, 4) is 17.5 Å². The number of halogens is 1. The largest absolute Gasteiger partial charge is 0.497 e. The number of methoxy groups -OCH3 is 1. The number of aromatic nitrogens is 1. The molecule has 0 aliphatic heterocycles. The van der Waals surface area contributed by atoms with Gasteiger partial charge in [-0.15, -0.1) is 0 Å². The molecule has 0 saturated carbocycles. The summed E-state index contributed by atoms with van der Waals surface area (Å²) in [6, 6.07) is 15.6. The Morgan fingerprint density at radius 3 is 2.48 bits per heavy atom. The number of nitrogens with zero attached hydrogens (tertiary/aromatic N) is 2. The molecular weight excluding hydrogens is 284 g/mol. The Bertz CT molecular complexity index is 857. The van der Waals surface area contributed by atoms with E-state index >= 15 is 0 Å². The van der Waals surface area contributed by atoms with E-state index in [1.54, 1.807) is 7.11 Å². The molecule has 104 valence electrons. The highest BCUT2D eigenvalue weighted by atomic mass is 35.5. The van der Waals surface area contributed by atoms with Crippen LogP contribution in [0.15, 0.2) is 42.5 Å². The van der Waals surface area contributed by atoms with E-state index in [-0.39, 0.29) is 0 Å². The van der Waals surface area contributed by atoms with Crippen molar-refractivity contribution in [3.05, 3.63) is 58.7 Å². The summed E-state index contributed by atoms with van der Waals surface area (Å²) in [7, 11) is 1.63. The van der Waals surface area contributed by atoms with Gasteiger partial charge in [0.15, 0.2) is 0 Å². The average molecular weight is 297 g/mol. The summed E-state index contributed by atoms with van der Waals surface area (Å²) in [4.78, 5) is 0. The zero-order valence-electron chi connectivity index (χ0n) is 11.7. The van der Waals surface area contributed by atoms with Crippen molar-refractivity contribution in [3.63, 3.8) is 0 Å². The second kappa shape index (κ2) is 5.16. The molecule has 3 aromatic rings. The molecule has 0 spiro atoms. The van der Waals surface area contributed by atoms with Crippen molar-refractivity contribution in [1.29, 1.82) is 5.26 Å². The van der Waals surface area contributed by atoms with Crippen LogP contribution in [0, 0.1) is 18.3 Å². The van der Waals surface area contributed by atoms with Crippen LogP contribution in [0.5, 0.6) is 5.75 Å². The summed E-state index contributed by atoms with van der Waals surface area (Å²) in [6.07, 6.45) is 0. The van der Waals surface area contributed by atoms with Crippen LogP contribution in [0.2, 0.25) is 5.02 Å². The van der Waals surface area contributed by atoms with E-state index in [0.29, 0.717) is 10.6 Å². The minimum absolute atomic E-state index is 0.683. The van der Waals surface area contributed by atoms with Crippen molar-refractivity contribution in [2.75, 3.05) is 7.11 Å². The monoisotopic (exact) mass is 296 g/mol. The van der Waals surface area contributed by atoms with Crippen LogP contribution in [0.1, 0.15) is 11.3 Å². The van der Waals surface area contributed by atoms with Crippen molar-refractivity contribution >= 4 is 22.5 Å². The number of rotatable bonds is 2. The van der Waals surface area contributed by atoms with Gasteiger partial charge in [0.2, 0.25) is 0 Å². The predicted octanol–water partition coefficient (Wildman–Crippen LogP) is 4.47. The summed E-state index contributed by atoms with van der Waals surface area (Å²) < 4.78 is 7.35. The molecule has 0 bridgehead atoms. The fourth-order valence-corrected chi connectivity index (χ4v) is 2.71. The first kappa shape index (κ1) is 13.5. The first-order valence-electron chi connectivity index (χ1n) is 6.51. The van der Waals surface area contributed by atoms with Crippen LogP contribution < -0.4 is 4.74 Å². The normalized spacial score (nSPS) is 10.6. The number of benzene rings is 2. The molecule has 21 heavy (non-hydrogen) atoms. The van der Waals surface area contributed by atoms with Gasteiger partial charge in [-0.1, -0.05) is 11.6 Å². The molecule has 0 amide bonds. The van der Waals surface area contributed by atoms with Crippen LogP contribution in [0.25, 0.3) is 16.6 Å². The topological polar surface area (TPSA) is 37.9 Å². The highest BCUT2D eigenvalue weighted by Gasteiger charge is 2.15. The van der Waals surface area contributed by atoms with Crippen molar-refractivity contribution in [2.24, 2.45) is 0 Å². The minimum Gasteiger partial charge on any atom is -0.497 e. The first-order chi connectivity index (χ1) is 10.2. The van der Waals surface area contributed by atoms with Gasteiger partial charge in [-0.2, -0.15) is 5.26 Å². The molecular formula is C17H13ClN2O. The van der Waals surface area contributed by atoms with Gasteiger partial charge in [0, 0.05) is 27.9 Å². The third-order valence-electron chi connectivity index (χ3n) is 3.61. The highest BCUT2D eigenvalue weighted by Crippen LogP contribution is 2.31. The van der Waals surface area contributed by atoms with Gasteiger partial charge in [0.05, 0.1) is 18.2 Å². The molecule has 0 fully saturated rings. The molecule has 1 heterocycles. The van der Waals surface area contributed by atoms with Crippen LogP contribution in [0.4, 0.5) is 0 Å². The molecule has 0 saturated heterocycles. The number of ether oxygens (including phenoxy) is 1. The fraction of sp³-hybridized carbons (Fsp3) is 0.118. The lowest BCUT2D eigenvalue weighted by Crippen LogP contribution is -1.96. The van der Waals surface area contributed by atoms with Crippen molar-refractivity contribution < 1.29 is 4.74 Å². The lowest BCUT2D eigenvalue weighted by molar-refractivity contribution is 0.415. The van der Waals surface area contributed by atoms with E-state index < -0.39 is 0 Å². The van der Waals surface area contributed by atoms with Gasteiger partial charge < -0.3 is 9.30 Å². The zero-order valence-corrected chi connectivity index (χ0v) is 12.5. The van der Waals surface area contributed by atoms with Crippen molar-refractivity contribution in [2.45, 2.75) is 6.92 Å². The molecule has 2 aromatic carbocycles. The number of hydrogen-bond donors (Lipinski definition) is 0. The smallest absolute Gasteiger partial charge is 0.120 e. The SMILES string of the molecule is COc1ccc2c(C#N)c(C)n(-c3ccc(Cl)cc3)c2c1. The maximum Gasteiger partial charge on any atom is 0.120 e. The second-order valence-electron chi connectivity index (χ2n) is 4.77. The van der Waals surface area contributed by atoms with Crippen molar-refractivity contribution in [1.82, 2.24) is 4.57 Å². The number of fused-ring (bicyclic) bond motifs is 1. The number of nitriles is 1. The van der Waals surface area contributed by atoms with Crippen LogP contribution in [0.3, 0.4) is 0 Å². The predicted molar refractivity (Wildman–Crippen MR) is 84.3 cm³/mol. The van der Waals surface area contributed by atoms with Gasteiger partial charge in [-0.25, -0.2) is 0 Å². The summed E-state index contributed by atoms with van der Waals surface area (Å²) in [5, 5.41) is 11.0. The molecule has 1 aromatic heterocycles. The maximum atomic E-state index is 9.43. The van der Waals surface area contributed by atoms with Gasteiger partial charge in [0.1, 0.15) is 11.8 Å². The Morgan fingerprint density at radius 2 is 1.86 bits per heavy atom. The molecule has 0 aliphatic rings. The van der Waals surface area contributed by atoms with E-state index in [1.807, 2.05) is 54.0 Å². The zero-order chi connectivity index (χ0) is 15.0. The Balaban J connectivity index is 2.37. The molecule has 3 rings (SSSR count). The van der Waals surface area contributed by atoms with Gasteiger partial charge in [0.25, 0.3) is 0 Å². The summed E-state index contributed by atoms with van der Waals surface area (Å²) in [5.41, 5.74) is 3.51. The highest BCUT2D eigenvalue weighted by molar-refractivity contribution is 6.30. The number of hydrogen-bond acceptors (Lipinski definition) is 2. The third kappa shape index (κ3) is 2.14. The molecule has 0 aliphatic carbocycles. The quantitative estimate of drug-likeness (QED) is 0.699. The van der Waals surface area contributed by atoms with Gasteiger partial charge in [-0.3, -0.25) is 0 Å². The standard InChI is InChI=1S/C17H13ClN2O/c1-11-16(10-19)15-8-7-14(21-2)9-17(15)20(11)13-5-3-12(18)4-6-13/h3-9H,1-2H3. The molecule has 0 N–H and O–H groups in total. The molecule has 0 radical (unpaired) electrons. The van der Waals surface area contributed by atoms with Gasteiger partial charge in [-0.05, 0) is 43.3 Å². The fourth-order valence-electron chi connectivity index (χ4n) is 2.59. The first-order valence-corrected chi connectivity index (χ1v) is 6.88.